The summed E-state index contributed by atoms with van der Waals surface area (Å²) in [5, 5.41) is 6.14. The molecule has 0 saturated heterocycles. The number of halogens is 6. The lowest BCUT2D eigenvalue weighted by molar-refractivity contribution is -0.144. The summed E-state index contributed by atoms with van der Waals surface area (Å²) < 4.78 is 83.2. The van der Waals surface area contributed by atoms with Gasteiger partial charge in [-0.15, -0.1) is 5.10 Å². The molecule has 28 heavy (non-hydrogen) atoms. The quantitative estimate of drug-likeness (QED) is 0.514. The van der Waals surface area contributed by atoms with Gasteiger partial charge in [-0.3, -0.25) is 0 Å². The van der Waals surface area contributed by atoms with Crippen LogP contribution in [0, 0.1) is 6.92 Å². The Morgan fingerprint density at radius 1 is 1.04 bits per heavy atom. The van der Waals surface area contributed by atoms with E-state index in [0.717, 1.165) is 10.6 Å². The van der Waals surface area contributed by atoms with E-state index in [-0.39, 0.29) is 30.5 Å². The predicted octanol–water partition coefficient (Wildman–Crippen LogP) is 3.96. The molecule has 1 N–H and O–H groups in total. The zero-order valence-electron chi connectivity index (χ0n) is 14.3. The molecule has 0 aliphatic carbocycles. The Morgan fingerprint density at radius 2 is 1.75 bits per heavy atom. The van der Waals surface area contributed by atoms with E-state index in [4.69, 9.17) is 4.74 Å². The number of aryl methyl sites for hydroxylation is 1. The number of fused-ring (bicyclic) bond motifs is 1. The fourth-order valence-electron chi connectivity index (χ4n) is 2.40. The Bertz CT molecular complexity index is 982. The molecule has 1 aromatic carbocycles. The Kier molecular flexibility index (Phi) is 5.04. The molecule has 0 unspecified atom stereocenters. The van der Waals surface area contributed by atoms with Crippen molar-refractivity contribution in [2.45, 2.75) is 19.3 Å². The Balaban J connectivity index is 1.72. The van der Waals surface area contributed by atoms with E-state index in [1.165, 1.54) is 24.3 Å². The first-order valence-electron chi connectivity index (χ1n) is 7.90. The Hall–Kier alpha value is -3.05. The number of alkyl halides is 6. The highest BCUT2D eigenvalue weighted by molar-refractivity contribution is 5.45. The third-order valence-electron chi connectivity index (χ3n) is 3.55. The lowest BCUT2D eigenvalue weighted by Gasteiger charge is -2.14. The molecular weight excluding hydrogens is 392 g/mol. The van der Waals surface area contributed by atoms with Gasteiger partial charge in [0.2, 0.25) is 0 Å². The average Bonchev–Trinajstić information content (AvgIpc) is 3.02. The van der Waals surface area contributed by atoms with Gasteiger partial charge in [0.05, 0.1) is 12.1 Å². The number of para-hydroxylation sites is 1. The predicted molar refractivity (Wildman–Crippen MR) is 85.9 cm³/mol. The van der Waals surface area contributed by atoms with Crippen molar-refractivity contribution in [2.75, 3.05) is 18.5 Å². The van der Waals surface area contributed by atoms with Crippen LogP contribution < -0.4 is 10.1 Å². The zero-order chi connectivity index (χ0) is 20.5. The van der Waals surface area contributed by atoms with Crippen LogP contribution in [0.15, 0.2) is 30.3 Å². The van der Waals surface area contributed by atoms with E-state index in [1.54, 1.807) is 6.92 Å². The molecule has 0 spiro atoms. The molecule has 3 rings (SSSR count). The SMILES string of the molecule is Cc1cc(NCCOc2ccccc2C(F)(F)F)n2nc(C(F)(F)F)nc2n1. The van der Waals surface area contributed by atoms with Crippen LogP contribution in [-0.4, -0.2) is 32.7 Å². The summed E-state index contributed by atoms with van der Waals surface area (Å²) in [6.07, 6.45) is -9.30. The minimum atomic E-state index is -4.73. The highest BCUT2D eigenvalue weighted by Crippen LogP contribution is 2.35. The molecule has 0 saturated carbocycles. The summed E-state index contributed by atoms with van der Waals surface area (Å²) in [4.78, 5) is 7.22. The number of nitrogens with one attached hydrogen (secondary N) is 1. The molecule has 0 amide bonds. The molecular formula is C16H13F6N5O. The highest BCUT2D eigenvalue weighted by Gasteiger charge is 2.37. The van der Waals surface area contributed by atoms with Gasteiger partial charge in [0.15, 0.2) is 0 Å². The van der Waals surface area contributed by atoms with E-state index in [0.29, 0.717) is 5.69 Å². The minimum absolute atomic E-state index is 0.00591. The first kappa shape index (κ1) is 19.7. The first-order chi connectivity index (χ1) is 13.1. The lowest BCUT2D eigenvalue weighted by Crippen LogP contribution is -2.16. The van der Waals surface area contributed by atoms with Gasteiger partial charge in [-0.05, 0) is 19.1 Å². The van der Waals surface area contributed by atoms with Crippen molar-refractivity contribution in [3.63, 3.8) is 0 Å². The van der Waals surface area contributed by atoms with Gasteiger partial charge in [0.25, 0.3) is 11.6 Å². The summed E-state index contributed by atoms with van der Waals surface area (Å²) in [5.74, 6) is -1.78. The number of aromatic nitrogens is 4. The second-order valence-corrected chi connectivity index (χ2v) is 5.70. The van der Waals surface area contributed by atoms with Crippen LogP contribution in [0.25, 0.3) is 5.78 Å². The van der Waals surface area contributed by atoms with Gasteiger partial charge >= 0.3 is 12.4 Å². The largest absolute Gasteiger partial charge is 0.491 e. The van der Waals surface area contributed by atoms with E-state index in [2.05, 4.69) is 20.4 Å². The Morgan fingerprint density at radius 3 is 2.43 bits per heavy atom. The fraction of sp³-hybridized carbons (Fsp3) is 0.312. The maximum atomic E-state index is 12.9. The topological polar surface area (TPSA) is 64.3 Å². The number of ether oxygens (including phenoxy) is 1. The Labute approximate surface area is 154 Å². The van der Waals surface area contributed by atoms with Crippen molar-refractivity contribution >= 4 is 11.6 Å². The van der Waals surface area contributed by atoms with E-state index in [1.807, 2.05) is 0 Å². The molecule has 2 aromatic heterocycles. The van der Waals surface area contributed by atoms with Gasteiger partial charge in [0, 0.05) is 11.8 Å². The van der Waals surface area contributed by atoms with Crippen molar-refractivity contribution < 1.29 is 31.1 Å². The monoisotopic (exact) mass is 405 g/mol. The van der Waals surface area contributed by atoms with Crippen molar-refractivity contribution in [2.24, 2.45) is 0 Å². The van der Waals surface area contributed by atoms with Crippen molar-refractivity contribution in [1.29, 1.82) is 0 Å². The molecule has 12 heteroatoms. The second kappa shape index (κ2) is 7.17. The molecule has 2 heterocycles. The van der Waals surface area contributed by atoms with Crippen LogP contribution in [-0.2, 0) is 12.4 Å². The van der Waals surface area contributed by atoms with Crippen LogP contribution in [0.2, 0.25) is 0 Å². The number of rotatable bonds is 5. The third-order valence-corrected chi connectivity index (χ3v) is 3.55. The number of anilines is 1. The third kappa shape index (κ3) is 4.26. The first-order valence-corrected chi connectivity index (χ1v) is 7.90. The van der Waals surface area contributed by atoms with E-state index < -0.39 is 23.7 Å². The standard InChI is InChI=1S/C16H13F6N5O/c1-9-8-12(27-14(24-9)25-13(26-27)16(20,21)22)23-6-7-28-11-5-3-2-4-10(11)15(17,18)19/h2-5,8,23H,6-7H2,1H3. The van der Waals surface area contributed by atoms with Gasteiger partial charge < -0.3 is 10.1 Å². The van der Waals surface area contributed by atoms with Crippen molar-refractivity contribution in [1.82, 2.24) is 19.6 Å². The van der Waals surface area contributed by atoms with Crippen LogP contribution in [0.1, 0.15) is 17.1 Å². The summed E-state index contributed by atoms with van der Waals surface area (Å²) in [5.41, 5.74) is -0.525. The van der Waals surface area contributed by atoms with Crippen molar-refractivity contribution in [3.8, 4) is 5.75 Å². The van der Waals surface area contributed by atoms with Crippen LogP contribution in [0.5, 0.6) is 5.75 Å². The number of benzene rings is 1. The zero-order valence-corrected chi connectivity index (χ0v) is 14.3. The summed E-state index contributed by atoms with van der Waals surface area (Å²) in [6.45, 7) is 1.39. The van der Waals surface area contributed by atoms with Gasteiger partial charge in [-0.25, -0.2) is 4.98 Å². The maximum Gasteiger partial charge on any atom is 0.453 e. The van der Waals surface area contributed by atoms with E-state index in [9.17, 15) is 26.3 Å². The number of nitrogens with zero attached hydrogens (tertiary/aromatic N) is 4. The molecule has 0 bridgehead atoms. The smallest absolute Gasteiger partial charge is 0.453 e. The molecule has 0 atom stereocenters. The molecule has 150 valence electrons. The van der Waals surface area contributed by atoms with Gasteiger partial charge in [-0.1, -0.05) is 12.1 Å². The molecule has 0 radical (unpaired) electrons. The van der Waals surface area contributed by atoms with Crippen LogP contribution in [0.3, 0.4) is 0 Å². The minimum Gasteiger partial charge on any atom is -0.491 e. The summed E-state index contributed by atoms with van der Waals surface area (Å²) in [7, 11) is 0. The van der Waals surface area contributed by atoms with Gasteiger partial charge in [0.1, 0.15) is 18.2 Å². The summed E-state index contributed by atoms with van der Waals surface area (Å²) >= 11 is 0. The molecule has 0 fully saturated rings. The van der Waals surface area contributed by atoms with E-state index >= 15 is 0 Å². The number of hydrogen-bond acceptors (Lipinski definition) is 5. The van der Waals surface area contributed by atoms with Gasteiger partial charge in [-0.2, -0.15) is 35.8 Å². The lowest BCUT2D eigenvalue weighted by atomic mass is 10.2. The fourth-order valence-corrected chi connectivity index (χ4v) is 2.40. The van der Waals surface area contributed by atoms with Crippen LogP contribution in [0.4, 0.5) is 32.2 Å². The second-order valence-electron chi connectivity index (χ2n) is 5.70. The number of hydrogen-bond donors (Lipinski definition) is 1. The molecule has 0 aliphatic rings. The summed E-state index contributed by atoms with van der Waals surface area (Å²) in [6, 6.07) is 6.16. The van der Waals surface area contributed by atoms with Crippen molar-refractivity contribution in [3.05, 3.63) is 47.4 Å². The van der Waals surface area contributed by atoms with Crippen LogP contribution >= 0.6 is 0 Å². The molecule has 0 aliphatic heterocycles. The molecule has 3 aromatic rings. The maximum absolute atomic E-state index is 12.9. The normalized spacial score (nSPS) is 12.4. The highest BCUT2D eigenvalue weighted by atomic mass is 19.4. The molecule has 6 nitrogen and oxygen atoms in total. The average molecular weight is 405 g/mol.